The van der Waals surface area contributed by atoms with Gasteiger partial charge in [-0.05, 0) is 11.1 Å². The predicted octanol–water partition coefficient (Wildman–Crippen LogP) is 2.86. The van der Waals surface area contributed by atoms with Gasteiger partial charge in [0.1, 0.15) is 12.2 Å². The quantitative estimate of drug-likeness (QED) is 0.643. The Morgan fingerprint density at radius 1 is 1.04 bits per heavy atom. The maximum absolute atomic E-state index is 12.3. The molecular weight excluding hydrogens is 358 g/mol. The Bertz CT molecular complexity index is 880. The highest BCUT2D eigenvalue weighted by molar-refractivity contribution is 5.76. The number of carboxylic acid groups (broad SMARTS) is 1. The number of carboxylic acids is 1. The Labute approximate surface area is 163 Å². The molecule has 3 aromatic rings. The number of nitrogens with zero attached hydrogens (tertiary/aromatic N) is 3. The van der Waals surface area contributed by atoms with Crippen molar-refractivity contribution in [2.75, 3.05) is 7.11 Å². The molecule has 0 bridgehead atoms. The van der Waals surface area contributed by atoms with E-state index in [4.69, 9.17) is 9.47 Å². The van der Waals surface area contributed by atoms with Crippen molar-refractivity contribution in [3.63, 3.8) is 0 Å². The smallest absolute Gasteiger partial charge is 0.348 e. The van der Waals surface area contributed by atoms with Crippen molar-refractivity contribution in [1.82, 2.24) is 15.0 Å². The molecule has 1 aromatic heterocycles. The van der Waals surface area contributed by atoms with Crippen LogP contribution in [0.25, 0.3) is 0 Å². The highest BCUT2D eigenvalue weighted by atomic mass is 16.6. The molecular formula is C21H21N3O4. The maximum Gasteiger partial charge on any atom is 0.348 e. The number of methoxy groups -OCH3 is 1. The second-order valence-corrected chi connectivity index (χ2v) is 6.05. The molecule has 1 unspecified atom stereocenters. The Kier molecular flexibility index (Phi) is 5.96. The first-order chi connectivity index (χ1) is 13.6. The van der Waals surface area contributed by atoms with Crippen molar-refractivity contribution in [3.05, 3.63) is 83.9 Å². The normalized spacial score (nSPS) is 12.4. The summed E-state index contributed by atoms with van der Waals surface area (Å²) in [6.07, 6.45) is 0.442. The first-order valence-corrected chi connectivity index (χ1v) is 8.85. The van der Waals surface area contributed by atoms with Gasteiger partial charge in [-0.25, -0.2) is 9.78 Å². The third kappa shape index (κ3) is 3.70. The molecule has 3 rings (SSSR count). The zero-order valence-corrected chi connectivity index (χ0v) is 15.6. The van der Waals surface area contributed by atoms with E-state index in [1.807, 2.05) is 43.3 Å². The van der Waals surface area contributed by atoms with Crippen molar-refractivity contribution in [2.24, 2.45) is 0 Å². The number of hydrogen-bond acceptors (Lipinski definition) is 6. The SMILES string of the molecule is CCc1ncnc(OC(C(=O)O)C(OC)(c2ccccc2)c2ccccc2)n1. The summed E-state index contributed by atoms with van der Waals surface area (Å²) in [5.41, 5.74) is -0.130. The molecule has 0 aliphatic heterocycles. The van der Waals surface area contributed by atoms with Crippen LogP contribution in [0.1, 0.15) is 23.9 Å². The van der Waals surface area contributed by atoms with Crippen LogP contribution in [0.3, 0.4) is 0 Å². The van der Waals surface area contributed by atoms with Crippen LogP contribution in [0.4, 0.5) is 0 Å². The summed E-state index contributed by atoms with van der Waals surface area (Å²) in [6.45, 7) is 1.89. The van der Waals surface area contributed by atoms with Crippen LogP contribution in [-0.4, -0.2) is 39.2 Å². The van der Waals surface area contributed by atoms with E-state index in [1.165, 1.54) is 13.4 Å². The van der Waals surface area contributed by atoms with Gasteiger partial charge in [-0.2, -0.15) is 9.97 Å². The lowest BCUT2D eigenvalue weighted by atomic mass is 9.81. The number of hydrogen-bond donors (Lipinski definition) is 1. The van der Waals surface area contributed by atoms with Crippen molar-refractivity contribution in [3.8, 4) is 6.01 Å². The molecule has 7 nitrogen and oxygen atoms in total. The van der Waals surface area contributed by atoms with Crippen LogP contribution in [0.2, 0.25) is 0 Å². The van der Waals surface area contributed by atoms with Crippen LogP contribution < -0.4 is 4.74 Å². The van der Waals surface area contributed by atoms with Gasteiger partial charge in [0, 0.05) is 13.5 Å². The van der Waals surface area contributed by atoms with Gasteiger partial charge in [-0.15, -0.1) is 0 Å². The lowest BCUT2D eigenvalue weighted by Gasteiger charge is -2.37. The summed E-state index contributed by atoms with van der Waals surface area (Å²) >= 11 is 0. The lowest BCUT2D eigenvalue weighted by Crippen LogP contribution is -2.50. The van der Waals surface area contributed by atoms with Gasteiger partial charge in [0.05, 0.1) is 0 Å². The fraction of sp³-hybridized carbons (Fsp3) is 0.238. The largest absolute Gasteiger partial charge is 0.478 e. The molecule has 0 aliphatic rings. The van der Waals surface area contributed by atoms with Crippen LogP contribution in [0.15, 0.2) is 67.0 Å². The topological polar surface area (TPSA) is 94.4 Å². The summed E-state index contributed by atoms with van der Waals surface area (Å²) in [6, 6.07) is 18.2. The minimum atomic E-state index is -1.44. The first-order valence-electron chi connectivity index (χ1n) is 8.85. The summed E-state index contributed by atoms with van der Waals surface area (Å²) < 4.78 is 11.7. The number of ether oxygens (including phenoxy) is 2. The zero-order valence-electron chi connectivity index (χ0n) is 15.6. The second-order valence-electron chi connectivity index (χ2n) is 6.05. The van der Waals surface area contributed by atoms with Gasteiger partial charge in [-0.1, -0.05) is 67.6 Å². The summed E-state index contributed by atoms with van der Waals surface area (Å²) in [7, 11) is 1.46. The Morgan fingerprint density at radius 2 is 1.61 bits per heavy atom. The molecule has 1 N–H and O–H groups in total. The van der Waals surface area contributed by atoms with Gasteiger partial charge in [0.15, 0.2) is 5.60 Å². The van der Waals surface area contributed by atoms with Crippen molar-refractivity contribution >= 4 is 5.97 Å². The molecule has 1 heterocycles. The van der Waals surface area contributed by atoms with E-state index in [0.29, 0.717) is 23.4 Å². The highest BCUT2D eigenvalue weighted by Gasteiger charge is 2.49. The lowest BCUT2D eigenvalue weighted by molar-refractivity contribution is -0.160. The highest BCUT2D eigenvalue weighted by Crippen LogP contribution is 2.38. The maximum atomic E-state index is 12.3. The first kappa shape index (κ1) is 19.4. The summed E-state index contributed by atoms with van der Waals surface area (Å²) in [5, 5.41) is 10.1. The summed E-state index contributed by atoms with van der Waals surface area (Å²) in [4.78, 5) is 24.5. The average molecular weight is 379 g/mol. The fourth-order valence-electron chi connectivity index (χ4n) is 3.14. The molecule has 7 heteroatoms. The molecule has 144 valence electrons. The zero-order chi connectivity index (χ0) is 20.0. The number of rotatable bonds is 8. The molecule has 0 aliphatic carbocycles. The molecule has 0 saturated carbocycles. The molecule has 1 atom stereocenters. The van der Waals surface area contributed by atoms with E-state index in [0.717, 1.165) is 0 Å². The van der Waals surface area contributed by atoms with E-state index in [1.54, 1.807) is 24.3 Å². The monoisotopic (exact) mass is 379 g/mol. The van der Waals surface area contributed by atoms with Crippen LogP contribution in [0, 0.1) is 0 Å². The minimum Gasteiger partial charge on any atom is -0.478 e. The van der Waals surface area contributed by atoms with Gasteiger partial charge in [0.25, 0.3) is 0 Å². The van der Waals surface area contributed by atoms with Gasteiger partial charge >= 0.3 is 12.0 Å². The minimum absolute atomic E-state index is 0.0625. The molecule has 0 fully saturated rings. The van der Waals surface area contributed by atoms with E-state index >= 15 is 0 Å². The van der Waals surface area contributed by atoms with E-state index in [2.05, 4.69) is 15.0 Å². The number of aliphatic carboxylic acids is 1. The molecule has 0 spiro atoms. The van der Waals surface area contributed by atoms with E-state index in [9.17, 15) is 9.90 Å². The molecule has 0 saturated heterocycles. The third-order valence-electron chi connectivity index (χ3n) is 4.46. The Balaban J connectivity index is 2.16. The van der Waals surface area contributed by atoms with Crippen molar-refractivity contribution in [1.29, 1.82) is 0 Å². The van der Waals surface area contributed by atoms with Gasteiger partial charge in [-0.3, -0.25) is 0 Å². The van der Waals surface area contributed by atoms with Crippen molar-refractivity contribution in [2.45, 2.75) is 25.0 Å². The van der Waals surface area contributed by atoms with Gasteiger partial charge < -0.3 is 14.6 Å². The van der Waals surface area contributed by atoms with E-state index in [-0.39, 0.29) is 6.01 Å². The van der Waals surface area contributed by atoms with Crippen LogP contribution in [-0.2, 0) is 21.6 Å². The van der Waals surface area contributed by atoms with Gasteiger partial charge in [0.2, 0.25) is 6.10 Å². The Hall–Kier alpha value is -3.32. The Morgan fingerprint density at radius 3 is 2.07 bits per heavy atom. The number of benzene rings is 2. The summed E-state index contributed by atoms with van der Waals surface area (Å²) in [5.74, 6) is -0.690. The molecule has 2 aromatic carbocycles. The van der Waals surface area contributed by atoms with E-state index < -0.39 is 17.7 Å². The number of aryl methyl sites for hydroxylation is 1. The number of carbonyl (C=O) groups is 1. The fourth-order valence-corrected chi connectivity index (χ4v) is 3.14. The predicted molar refractivity (Wildman–Crippen MR) is 102 cm³/mol. The standard InChI is InChI=1S/C21H21N3O4/c1-3-17-22-14-23-20(24-17)28-18(19(25)26)21(27-2,15-10-6-4-7-11-15)16-12-8-5-9-13-16/h4-14,18H,3H2,1-2H3,(H,25,26). The van der Waals surface area contributed by atoms with Crippen LogP contribution >= 0.6 is 0 Å². The van der Waals surface area contributed by atoms with Crippen molar-refractivity contribution < 1.29 is 19.4 Å². The third-order valence-corrected chi connectivity index (χ3v) is 4.46. The molecule has 0 amide bonds. The molecule has 28 heavy (non-hydrogen) atoms. The number of aromatic nitrogens is 3. The molecule has 0 radical (unpaired) electrons. The second kappa shape index (κ2) is 8.58. The van der Waals surface area contributed by atoms with Crippen LogP contribution in [0.5, 0.6) is 6.01 Å². The average Bonchev–Trinajstić information content (AvgIpc) is 2.75.